The van der Waals surface area contributed by atoms with Crippen molar-refractivity contribution in [2.24, 2.45) is 0 Å². The van der Waals surface area contributed by atoms with E-state index in [0.29, 0.717) is 12.3 Å². The highest BCUT2D eigenvalue weighted by atomic mass is 16.5. The molecule has 0 bridgehead atoms. The van der Waals surface area contributed by atoms with Crippen LogP contribution in [0.5, 0.6) is 0 Å². The Bertz CT molecular complexity index is 360. The van der Waals surface area contributed by atoms with Crippen LogP contribution in [0.4, 0.5) is 0 Å². The topological polar surface area (TPSA) is 83.0 Å². The second kappa shape index (κ2) is 3.28. The molecule has 0 saturated heterocycles. The van der Waals surface area contributed by atoms with Crippen LogP contribution in [-0.4, -0.2) is 27.7 Å². The maximum Gasteiger partial charge on any atom is 0.315 e. The Balaban J connectivity index is 2.20. The third-order valence-corrected chi connectivity index (χ3v) is 2.30. The third kappa shape index (κ3) is 1.32. The molecule has 1 aliphatic carbocycles. The summed E-state index contributed by atoms with van der Waals surface area (Å²) in [4.78, 5) is 12.5. The predicted molar refractivity (Wildman–Crippen MR) is 47.9 cm³/mol. The van der Waals surface area contributed by atoms with Crippen LogP contribution < -0.4 is 5.84 Å². The van der Waals surface area contributed by atoms with Crippen molar-refractivity contribution >= 4 is 5.97 Å². The molecule has 0 unspecified atom stereocenters. The van der Waals surface area contributed by atoms with Gasteiger partial charge in [0, 0.05) is 0 Å². The average Bonchev–Trinajstić information content (AvgIpc) is 2.62. The van der Waals surface area contributed by atoms with Crippen LogP contribution in [0.2, 0.25) is 0 Å². The van der Waals surface area contributed by atoms with Crippen LogP contribution in [0, 0.1) is 0 Å². The van der Waals surface area contributed by atoms with Gasteiger partial charge in [0.1, 0.15) is 11.6 Å². The number of aromatic nitrogens is 3. The van der Waals surface area contributed by atoms with E-state index in [4.69, 9.17) is 10.6 Å². The number of rotatable bonds is 2. The number of nitrogens with two attached hydrogens (primary N) is 1. The first-order valence-corrected chi connectivity index (χ1v) is 4.60. The molecule has 0 saturated carbocycles. The molecule has 0 fully saturated rings. The van der Waals surface area contributed by atoms with Crippen molar-refractivity contribution in [2.75, 3.05) is 12.4 Å². The van der Waals surface area contributed by atoms with Gasteiger partial charge in [-0.2, -0.15) is 0 Å². The SMILES string of the molecule is CCOC(=O)[C@@H]1CCc2nn(N)nc21. The van der Waals surface area contributed by atoms with Gasteiger partial charge in [-0.05, 0) is 19.8 Å². The van der Waals surface area contributed by atoms with Crippen molar-refractivity contribution in [1.29, 1.82) is 0 Å². The number of aryl methyl sites for hydroxylation is 1. The first-order chi connectivity index (χ1) is 6.72. The van der Waals surface area contributed by atoms with Crippen LogP contribution in [-0.2, 0) is 16.0 Å². The van der Waals surface area contributed by atoms with Crippen molar-refractivity contribution in [3.05, 3.63) is 11.4 Å². The van der Waals surface area contributed by atoms with Crippen LogP contribution in [0.3, 0.4) is 0 Å². The van der Waals surface area contributed by atoms with Crippen molar-refractivity contribution < 1.29 is 9.53 Å². The second-order valence-corrected chi connectivity index (χ2v) is 3.20. The van der Waals surface area contributed by atoms with E-state index in [1.54, 1.807) is 6.92 Å². The predicted octanol–water partition coefficient (Wildman–Crippen LogP) is -0.415. The molecule has 0 aromatic carbocycles. The molecule has 1 aliphatic rings. The molecule has 76 valence electrons. The molecule has 0 aliphatic heterocycles. The maximum absolute atomic E-state index is 11.5. The zero-order valence-electron chi connectivity index (χ0n) is 7.93. The molecule has 1 atom stereocenters. The van der Waals surface area contributed by atoms with E-state index >= 15 is 0 Å². The van der Waals surface area contributed by atoms with Gasteiger partial charge in [-0.15, -0.1) is 10.2 Å². The van der Waals surface area contributed by atoms with Gasteiger partial charge in [-0.1, -0.05) is 4.91 Å². The molecule has 6 nitrogen and oxygen atoms in total. The smallest absolute Gasteiger partial charge is 0.315 e. The Morgan fingerprint density at radius 3 is 3.21 bits per heavy atom. The quantitative estimate of drug-likeness (QED) is 0.513. The molecule has 2 N–H and O–H groups in total. The molecule has 0 radical (unpaired) electrons. The average molecular weight is 196 g/mol. The van der Waals surface area contributed by atoms with Crippen LogP contribution in [0.15, 0.2) is 0 Å². The first-order valence-electron chi connectivity index (χ1n) is 4.60. The normalized spacial score (nSPS) is 19.4. The van der Waals surface area contributed by atoms with E-state index in [0.717, 1.165) is 23.4 Å². The Morgan fingerprint density at radius 1 is 1.71 bits per heavy atom. The van der Waals surface area contributed by atoms with Crippen molar-refractivity contribution in [3.63, 3.8) is 0 Å². The number of carbonyl (C=O) groups excluding carboxylic acids is 1. The number of fused-ring (bicyclic) bond motifs is 1. The maximum atomic E-state index is 11.5. The van der Waals surface area contributed by atoms with E-state index in [9.17, 15) is 4.79 Å². The standard InChI is InChI=1S/C8H12N4O2/c1-2-14-8(13)5-3-4-6-7(5)11-12(9)10-6/h5H,2-4,9H2,1H3/t5-/m1/s1. The summed E-state index contributed by atoms with van der Waals surface area (Å²) in [5.41, 5.74) is 1.48. The van der Waals surface area contributed by atoms with E-state index in [1.807, 2.05) is 0 Å². The summed E-state index contributed by atoms with van der Waals surface area (Å²) in [6, 6.07) is 0. The monoisotopic (exact) mass is 196 g/mol. The number of nitrogen functional groups attached to an aromatic ring is 1. The minimum Gasteiger partial charge on any atom is -0.465 e. The minimum atomic E-state index is -0.276. The van der Waals surface area contributed by atoms with Gasteiger partial charge in [-0.25, -0.2) is 0 Å². The fraction of sp³-hybridized carbons (Fsp3) is 0.625. The fourth-order valence-corrected chi connectivity index (χ4v) is 1.70. The summed E-state index contributed by atoms with van der Waals surface area (Å²) in [7, 11) is 0. The Kier molecular flexibility index (Phi) is 2.11. The zero-order valence-corrected chi connectivity index (χ0v) is 7.93. The lowest BCUT2D eigenvalue weighted by atomic mass is 10.1. The van der Waals surface area contributed by atoms with E-state index in [1.165, 1.54) is 0 Å². The minimum absolute atomic E-state index is 0.230. The van der Waals surface area contributed by atoms with Crippen LogP contribution in [0.25, 0.3) is 0 Å². The number of nitrogens with zero attached hydrogens (tertiary/aromatic N) is 3. The van der Waals surface area contributed by atoms with Gasteiger partial charge in [0.2, 0.25) is 0 Å². The number of carbonyl (C=O) groups is 1. The molecule has 1 aromatic heterocycles. The molecular formula is C8H12N4O2. The van der Waals surface area contributed by atoms with Crippen molar-refractivity contribution in [1.82, 2.24) is 15.1 Å². The number of hydrogen-bond donors (Lipinski definition) is 1. The molecule has 2 rings (SSSR count). The van der Waals surface area contributed by atoms with E-state index < -0.39 is 0 Å². The van der Waals surface area contributed by atoms with Gasteiger partial charge in [0.15, 0.2) is 0 Å². The summed E-state index contributed by atoms with van der Waals surface area (Å²) >= 11 is 0. The zero-order chi connectivity index (χ0) is 10.1. The highest BCUT2D eigenvalue weighted by Gasteiger charge is 2.34. The first kappa shape index (κ1) is 8.98. The van der Waals surface area contributed by atoms with Gasteiger partial charge < -0.3 is 10.6 Å². The van der Waals surface area contributed by atoms with E-state index in [-0.39, 0.29) is 11.9 Å². The Hall–Kier alpha value is -1.59. The molecule has 1 heterocycles. The Labute approximate surface area is 81.0 Å². The highest BCUT2D eigenvalue weighted by molar-refractivity contribution is 5.78. The molecule has 14 heavy (non-hydrogen) atoms. The second-order valence-electron chi connectivity index (χ2n) is 3.20. The molecule has 0 spiro atoms. The number of esters is 1. The molecule has 1 aromatic rings. The largest absolute Gasteiger partial charge is 0.465 e. The van der Waals surface area contributed by atoms with E-state index in [2.05, 4.69) is 10.2 Å². The Morgan fingerprint density at radius 2 is 2.50 bits per heavy atom. The van der Waals surface area contributed by atoms with Gasteiger partial charge >= 0.3 is 5.97 Å². The lowest BCUT2D eigenvalue weighted by Crippen LogP contribution is -2.17. The van der Waals surface area contributed by atoms with Gasteiger partial charge in [0.25, 0.3) is 0 Å². The summed E-state index contributed by atoms with van der Waals surface area (Å²) in [5.74, 6) is 4.86. The molecule has 6 heteroatoms. The lowest BCUT2D eigenvalue weighted by molar-refractivity contribution is -0.145. The van der Waals surface area contributed by atoms with Crippen LogP contribution in [0.1, 0.15) is 30.7 Å². The number of hydrogen-bond acceptors (Lipinski definition) is 5. The molecule has 0 amide bonds. The van der Waals surface area contributed by atoms with Gasteiger partial charge in [0.05, 0.1) is 12.3 Å². The fourth-order valence-electron chi connectivity index (χ4n) is 1.70. The third-order valence-electron chi connectivity index (χ3n) is 2.30. The van der Waals surface area contributed by atoms with Crippen LogP contribution >= 0.6 is 0 Å². The summed E-state index contributed by atoms with van der Waals surface area (Å²) in [6.07, 6.45) is 1.47. The van der Waals surface area contributed by atoms with Crippen molar-refractivity contribution in [2.45, 2.75) is 25.7 Å². The summed E-state index contributed by atoms with van der Waals surface area (Å²) < 4.78 is 4.94. The highest BCUT2D eigenvalue weighted by Crippen LogP contribution is 2.30. The number of ether oxygens (including phenoxy) is 1. The van der Waals surface area contributed by atoms with Crippen molar-refractivity contribution in [3.8, 4) is 0 Å². The summed E-state index contributed by atoms with van der Waals surface area (Å²) in [5, 5.41) is 7.92. The summed E-state index contributed by atoms with van der Waals surface area (Å²) in [6.45, 7) is 2.18. The van der Waals surface area contributed by atoms with Gasteiger partial charge in [-0.3, -0.25) is 4.79 Å². The molecular weight excluding hydrogens is 184 g/mol. The lowest BCUT2D eigenvalue weighted by Gasteiger charge is -2.06.